The third-order valence-electron chi connectivity index (χ3n) is 5.44. The lowest BCUT2D eigenvalue weighted by Gasteiger charge is -2.29. The Morgan fingerprint density at radius 2 is 1.72 bits per heavy atom. The number of nitrogens with zero attached hydrogens (tertiary/aromatic N) is 2. The van der Waals surface area contributed by atoms with Crippen LogP contribution in [0.25, 0.3) is 11.3 Å². The minimum atomic E-state index is -3.18. The van der Waals surface area contributed by atoms with Crippen molar-refractivity contribution in [2.75, 3.05) is 19.0 Å². The van der Waals surface area contributed by atoms with Gasteiger partial charge in [-0.15, -0.1) is 10.2 Å². The summed E-state index contributed by atoms with van der Waals surface area (Å²) < 4.78 is 31.7. The number of aromatic nitrogens is 2. The number of hydrogen-bond acceptors (Lipinski definition) is 6. The molecule has 0 saturated heterocycles. The second-order valence-electron chi connectivity index (χ2n) is 7.84. The molecule has 1 fully saturated rings. The van der Waals surface area contributed by atoms with Gasteiger partial charge in [-0.25, -0.2) is 13.1 Å². The topological polar surface area (TPSA) is 93.2 Å². The molecular formula is C21H30N4O3S. The van der Waals surface area contributed by atoms with Gasteiger partial charge in [0.2, 0.25) is 10.0 Å². The minimum absolute atomic E-state index is 0.342. The van der Waals surface area contributed by atoms with Gasteiger partial charge >= 0.3 is 0 Å². The van der Waals surface area contributed by atoms with Crippen LogP contribution in [0.4, 0.5) is 5.82 Å². The summed E-state index contributed by atoms with van der Waals surface area (Å²) in [5, 5.41) is 11.7. The number of benzene rings is 1. The SMILES string of the molecule is COc1ccc(-c2ccc(N[C@H]3CC[C@H](CNS(=O)(=O)C(C)C)CC3)nn2)cc1. The highest BCUT2D eigenvalue weighted by molar-refractivity contribution is 7.90. The van der Waals surface area contributed by atoms with E-state index in [1.807, 2.05) is 36.4 Å². The van der Waals surface area contributed by atoms with Crippen LogP contribution in [0.15, 0.2) is 36.4 Å². The van der Waals surface area contributed by atoms with Crippen LogP contribution in [0, 0.1) is 5.92 Å². The molecule has 2 N–H and O–H groups in total. The first-order valence-corrected chi connectivity index (χ1v) is 11.6. The van der Waals surface area contributed by atoms with E-state index in [4.69, 9.17) is 4.74 Å². The van der Waals surface area contributed by atoms with Crippen molar-refractivity contribution in [1.29, 1.82) is 0 Å². The lowest BCUT2D eigenvalue weighted by molar-refractivity contribution is 0.336. The lowest BCUT2D eigenvalue weighted by atomic mass is 9.86. The first-order chi connectivity index (χ1) is 13.9. The van der Waals surface area contributed by atoms with Crippen LogP contribution in [0.2, 0.25) is 0 Å². The van der Waals surface area contributed by atoms with Crippen LogP contribution in [-0.4, -0.2) is 43.6 Å². The lowest BCUT2D eigenvalue weighted by Crippen LogP contribution is -2.37. The molecule has 1 saturated carbocycles. The van der Waals surface area contributed by atoms with E-state index in [1.165, 1.54) is 0 Å². The van der Waals surface area contributed by atoms with E-state index in [1.54, 1.807) is 21.0 Å². The van der Waals surface area contributed by atoms with Crippen molar-refractivity contribution in [1.82, 2.24) is 14.9 Å². The Morgan fingerprint density at radius 3 is 2.28 bits per heavy atom. The molecule has 3 rings (SSSR count). The van der Waals surface area contributed by atoms with Crippen molar-refractivity contribution in [2.45, 2.75) is 50.8 Å². The maximum absolute atomic E-state index is 11.9. The fourth-order valence-corrected chi connectivity index (χ4v) is 4.25. The van der Waals surface area contributed by atoms with Crippen molar-refractivity contribution in [2.24, 2.45) is 5.92 Å². The standard InChI is InChI=1S/C21H30N4O3S/c1-15(2)29(26,27)22-14-16-4-8-18(9-5-16)23-21-13-12-20(24-25-21)17-6-10-19(28-3)11-7-17/h6-7,10-13,15-16,18,22H,4-5,8-9,14H2,1-3H3,(H,23,25)/t16-,18-. The average molecular weight is 419 g/mol. The van der Waals surface area contributed by atoms with Crippen LogP contribution in [0.5, 0.6) is 5.75 Å². The molecule has 1 aromatic carbocycles. The van der Waals surface area contributed by atoms with Crippen molar-refractivity contribution in [3.63, 3.8) is 0 Å². The molecule has 0 bridgehead atoms. The summed E-state index contributed by atoms with van der Waals surface area (Å²) in [6.07, 6.45) is 3.98. The van der Waals surface area contributed by atoms with Gasteiger partial charge in [0.15, 0.2) is 0 Å². The molecule has 0 radical (unpaired) electrons. The summed E-state index contributed by atoms with van der Waals surface area (Å²) in [4.78, 5) is 0. The number of hydrogen-bond donors (Lipinski definition) is 2. The van der Waals surface area contributed by atoms with Crippen LogP contribution in [0.1, 0.15) is 39.5 Å². The third kappa shape index (κ3) is 5.90. The third-order valence-corrected chi connectivity index (χ3v) is 7.25. The van der Waals surface area contributed by atoms with Gasteiger partial charge in [-0.1, -0.05) is 0 Å². The number of methoxy groups -OCH3 is 1. The fraction of sp³-hybridized carbons (Fsp3) is 0.524. The molecule has 1 aliphatic carbocycles. The van der Waals surface area contributed by atoms with Crippen LogP contribution in [0.3, 0.4) is 0 Å². The van der Waals surface area contributed by atoms with Crippen molar-refractivity contribution < 1.29 is 13.2 Å². The second-order valence-corrected chi connectivity index (χ2v) is 10.2. The molecule has 0 atom stereocenters. The van der Waals surface area contributed by atoms with E-state index in [0.29, 0.717) is 18.5 Å². The van der Waals surface area contributed by atoms with E-state index >= 15 is 0 Å². The first-order valence-electron chi connectivity index (χ1n) is 10.1. The van der Waals surface area contributed by atoms with Gasteiger partial charge in [0.1, 0.15) is 11.6 Å². The number of sulfonamides is 1. The maximum atomic E-state index is 11.9. The number of rotatable bonds is 8. The molecule has 2 aromatic rings. The molecule has 1 aromatic heterocycles. The molecule has 158 valence electrons. The Balaban J connectivity index is 1.48. The van der Waals surface area contributed by atoms with Crippen LogP contribution < -0.4 is 14.8 Å². The molecule has 7 nitrogen and oxygen atoms in total. The zero-order chi connectivity index (χ0) is 20.9. The number of ether oxygens (including phenoxy) is 1. The zero-order valence-electron chi connectivity index (χ0n) is 17.3. The molecule has 29 heavy (non-hydrogen) atoms. The Labute approximate surface area is 173 Å². The van der Waals surface area contributed by atoms with E-state index in [9.17, 15) is 8.42 Å². The molecule has 0 aliphatic heterocycles. The van der Waals surface area contributed by atoms with Crippen molar-refractivity contribution in [3.8, 4) is 17.0 Å². The van der Waals surface area contributed by atoms with E-state index in [0.717, 1.165) is 48.5 Å². The zero-order valence-corrected chi connectivity index (χ0v) is 18.1. The Hall–Kier alpha value is -2.19. The minimum Gasteiger partial charge on any atom is -0.497 e. The summed E-state index contributed by atoms with van der Waals surface area (Å²) in [6.45, 7) is 3.93. The summed E-state index contributed by atoms with van der Waals surface area (Å²) in [5.74, 6) is 1.98. The highest BCUT2D eigenvalue weighted by Crippen LogP contribution is 2.26. The first kappa shape index (κ1) is 21.5. The van der Waals surface area contributed by atoms with Gasteiger partial charge in [-0.3, -0.25) is 0 Å². The van der Waals surface area contributed by atoms with Gasteiger partial charge in [0.25, 0.3) is 0 Å². The smallest absolute Gasteiger partial charge is 0.213 e. The van der Waals surface area contributed by atoms with Gasteiger partial charge in [-0.05, 0) is 81.8 Å². The summed E-state index contributed by atoms with van der Waals surface area (Å²) in [6, 6.07) is 12.0. The average Bonchev–Trinajstić information content (AvgIpc) is 2.74. The normalized spacial score (nSPS) is 19.9. The van der Waals surface area contributed by atoms with Gasteiger partial charge < -0.3 is 10.1 Å². The second kappa shape index (κ2) is 9.54. The maximum Gasteiger partial charge on any atom is 0.213 e. The number of nitrogens with one attached hydrogen (secondary N) is 2. The van der Waals surface area contributed by atoms with E-state index < -0.39 is 10.0 Å². The molecule has 0 amide bonds. The quantitative estimate of drug-likeness (QED) is 0.682. The Bertz CT molecular complexity index is 875. The number of anilines is 1. The van der Waals surface area contributed by atoms with Gasteiger partial charge in [-0.2, -0.15) is 0 Å². The van der Waals surface area contributed by atoms with Crippen molar-refractivity contribution in [3.05, 3.63) is 36.4 Å². The largest absolute Gasteiger partial charge is 0.497 e. The Morgan fingerprint density at radius 1 is 1.03 bits per heavy atom. The Kier molecular flexibility index (Phi) is 7.08. The fourth-order valence-electron chi connectivity index (χ4n) is 3.45. The molecule has 8 heteroatoms. The summed E-state index contributed by atoms with van der Waals surface area (Å²) in [5.41, 5.74) is 1.81. The molecule has 1 heterocycles. The molecular weight excluding hydrogens is 388 g/mol. The van der Waals surface area contributed by atoms with E-state index in [-0.39, 0.29) is 5.25 Å². The predicted molar refractivity (Wildman–Crippen MR) is 115 cm³/mol. The highest BCUT2D eigenvalue weighted by Gasteiger charge is 2.24. The van der Waals surface area contributed by atoms with E-state index in [2.05, 4.69) is 20.2 Å². The molecule has 1 aliphatic rings. The van der Waals surface area contributed by atoms with Crippen LogP contribution in [-0.2, 0) is 10.0 Å². The van der Waals surface area contributed by atoms with Crippen LogP contribution >= 0.6 is 0 Å². The predicted octanol–water partition coefficient (Wildman–Crippen LogP) is 3.45. The molecule has 0 spiro atoms. The monoisotopic (exact) mass is 418 g/mol. The summed E-state index contributed by atoms with van der Waals surface area (Å²) in [7, 11) is -1.54. The summed E-state index contributed by atoms with van der Waals surface area (Å²) >= 11 is 0. The van der Waals surface area contributed by atoms with Crippen molar-refractivity contribution >= 4 is 15.8 Å². The van der Waals surface area contributed by atoms with Gasteiger partial charge in [0, 0.05) is 18.2 Å². The highest BCUT2D eigenvalue weighted by atomic mass is 32.2. The molecule has 0 unspecified atom stereocenters. The van der Waals surface area contributed by atoms with Gasteiger partial charge in [0.05, 0.1) is 18.1 Å².